The maximum Gasteiger partial charge on any atom is 0.222 e. The Hall–Kier alpha value is -1.11. The van der Waals surface area contributed by atoms with E-state index in [0.717, 1.165) is 5.16 Å². The quantitative estimate of drug-likeness (QED) is 0.634. The van der Waals surface area contributed by atoms with Crippen LogP contribution in [-0.2, 0) is 0 Å². The Labute approximate surface area is 137 Å². The van der Waals surface area contributed by atoms with Crippen LogP contribution in [0, 0.1) is 0 Å². The summed E-state index contributed by atoms with van der Waals surface area (Å²) in [5.74, 6) is 1.61. The maximum absolute atomic E-state index is 6.04. The molecule has 2 rings (SSSR count). The number of thioether (sulfide) groups is 1. The number of hydrogen-bond acceptors (Lipinski definition) is 5. The van der Waals surface area contributed by atoms with Crippen molar-refractivity contribution in [3.8, 4) is 5.75 Å². The minimum absolute atomic E-state index is 0.210. The number of nitrogen functional groups attached to an aromatic ring is 1. The number of nitrogens with two attached hydrogens (primary N) is 1. The molecule has 0 radical (unpaired) electrons. The minimum atomic E-state index is 0.210. The molecule has 0 unspecified atom stereocenters. The summed E-state index contributed by atoms with van der Waals surface area (Å²) in [6.07, 6.45) is 0. The lowest BCUT2D eigenvalue weighted by atomic mass is 10.3. The molecule has 0 saturated heterocycles. The van der Waals surface area contributed by atoms with Crippen molar-refractivity contribution in [3.05, 3.63) is 28.2 Å². The summed E-state index contributed by atoms with van der Waals surface area (Å²) in [5.41, 5.74) is 5.79. The molecule has 21 heavy (non-hydrogen) atoms. The van der Waals surface area contributed by atoms with Crippen molar-refractivity contribution in [2.24, 2.45) is 0 Å². The van der Waals surface area contributed by atoms with Gasteiger partial charge in [-0.25, -0.2) is 0 Å². The first kappa shape index (κ1) is 16.3. The molecule has 0 atom stereocenters. The monoisotopic (exact) mass is 346 g/mol. The van der Waals surface area contributed by atoms with E-state index in [1.807, 2.05) is 18.4 Å². The Morgan fingerprint density at radius 3 is 2.57 bits per heavy atom. The van der Waals surface area contributed by atoms with Crippen LogP contribution in [0.3, 0.4) is 0 Å². The Bertz CT molecular complexity index is 598. The highest BCUT2D eigenvalue weighted by atomic mass is 35.5. The van der Waals surface area contributed by atoms with E-state index in [0.29, 0.717) is 34.1 Å². The van der Waals surface area contributed by atoms with Crippen LogP contribution in [0.2, 0.25) is 10.0 Å². The van der Waals surface area contributed by atoms with Crippen molar-refractivity contribution < 1.29 is 4.74 Å². The minimum Gasteiger partial charge on any atom is -0.490 e. The number of halogens is 2. The highest BCUT2D eigenvalue weighted by molar-refractivity contribution is 7.99. The van der Waals surface area contributed by atoms with Gasteiger partial charge in [-0.3, -0.25) is 4.57 Å². The van der Waals surface area contributed by atoms with Crippen LogP contribution in [0.25, 0.3) is 0 Å². The van der Waals surface area contributed by atoms with Gasteiger partial charge in [0.2, 0.25) is 5.95 Å². The SMILES string of the molecule is CC(C)n1c(N)nnc1SCCOc1c(Cl)cccc1Cl. The van der Waals surface area contributed by atoms with Crippen molar-refractivity contribution in [2.75, 3.05) is 18.1 Å². The summed E-state index contributed by atoms with van der Waals surface area (Å²) in [4.78, 5) is 0. The van der Waals surface area contributed by atoms with Crippen molar-refractivity contribution in [3.63, 3.8) is 0 Å². The Morgan fingerprint density at radius 2 is 1.95 bits per heavy atom. The van der Waals surface area contributed by atoms with Gasteiger partial charge in [0.15, 0.2) is 10.9 Å². The second kappa shape index (κ2) is 7.24. The van der Waals surface area contributed by atoms with Crippen LogP contribution in [0.4, 0.5) is 5.95 Å². The van der Waals surface area contributed by atoms with Crippen LogP contribution >= 0.6 is 35.0 Å². The third-order valence-corrected chi connectivity index (χ3v) is 4.19. The van der Waals surface area contributed by atoms with Gasteiger partial charge >= 0.3 is 0 Å². The molecule has 0 amide bonds. The Kier molecular flexibility index (Phi) is 5.61. The van der Waals surface area contributed by atoms with E-state index >= 15 is 0 Å². The van der Waals surface area contributed by atoms with E-state index in [1.54, 1.807) is 18.2 Å². The second-order valence-corrected chi connectivity index (χ2v) is 6.43. The topological polar surface area (TPSA) is 66.0 Å². The fraction of sp³-hybridized carbons (Fsp3) is 0.385. The van der Waals surface area contributed by atoms with Crippen molar-refractivity contribution >= 4 is 40.9 Å². The zero-order valence-electron chi connectivity index (χ0n) is 11.7. The summed E-state index contributed by atoms with van der Waals surface area (Å²) in [6, 6.07) is 5.47. The van der Waals surface area contributed by atoms with Crippen molar-refractivity contribution in [1.29, 1.82) is 0 Å². The number of aromatic nitrogens is 3. The van der Waals surface area contributed by atoms with Gasteiger partial charge in [0.1, 0.15) is 0 Å². The molecule has 0 spiro atoms. The molecule has 2 aromatic rings. The lowest BCUT2D eigenvalue weighted by molar-refractivity contribution is 0.344. The average Bonchev–Trinajstić information content (AvgIpc) is 2.78. The lowest BCUT2D eigenvalue weighted by Crippen LogP contribution is -2.08. The van der Waals surface area contributed by atoms with E-state index in [-0.39, 0.29) is 6.04 Å². The number of hydrogen-bond donors (Lipinski definition) is 1. The third-order valence-electron chi connectivity index (χ3n) is 2.69. The summed E-state index contributed by atoms with van der Waals surface area (Å²) in [7, 11) is 0. The first-order valence-electron chi connectivity index (χ1n) is 6.40. The van der Waals surface area contributed by atoms with Crippen LogP contribution in [0.15, 0.2) is 23.4 Å². The largest absolute Gasteiger partial charge is 0.490 e. The molecule has 2 N–H and O–H groups in total. The average molecular weight is 347 g/mol. The molecule has 0 aliphatic carbocycles. The van der Waals surface area contributed by atoms with Gasteiger partial charge in [0, 0.05) is 11.8 Å². The molecule has 1 heterocycles. The molecule has 0 aliphatic rings. The molecule has 0 fully saturated rings. The van der Waals surface area contributed by atoms with Gasteiger partial charge in [0.05, 0.1) is 16.7 Å². The molecule has 0 bridgehead atoms. The zero-order chi connectivity index (χ0) is 15.4. The van der Waals surface area contributed by atoms with Crippen LogP contribution in [-0.4, -0.2) is 27.1 Å². The maximum atomic E-state index is 6.04. The van der Waals surface area contributed by atoms with E-state index < -0.39 is 0 Å². The van der Waals surface area contributed by atoms with Crippen molar-refractivity contribution in [1.82, 2.24) is 14.8 Å². The van der Waals surface area contributed by atoms with Gasteiger partial charge in [-0.05, 0) is 26.0 Å². The number of anilines is 1. The smallest absolute Gasteiger partial charge is 0.222 e. The molecule has 1 aromatic carbocycles. The van der Waals surface area contributed by atoms with Crippen LogP contribution in [0.1, 0.15) is 19.9 Å². The second-order valence-electron chi connectivity index (χ2n) is 4.55. The zero-order valence-corrected chi connectivity index (χ0v) is 14.0. The van der Waals surface area contributed by atoms with E-state index in [2.05, 4.69) is 10.2 Å². The summed E-state index contributed by atoms with van der Waals surface area (Å²) in [6.45, 7) is 4.52. The fourth-order valence-corrected chi connectivity index (χ4v) is 3.17. The molecule has 1 aromatic heterocycles. The summed E-state index contributed by atoms with van der Waals surface area (Å²) in [5, 5.41) is 9.73. The van der Waals surface area contributed by atoms with E-state index in [4.69, 9.17) is 33.7 Å². The van der Waals surface area contributed by atoms with Gasteiger partial charge in [-0.15, -0.1) is 10.2 Å². The van der Waals surface area contributed by atoms with Gasteiger partial charge in [0.25, 0.3) is 0 Å². The number of nitrogens with zero attached hydrogens (tertiary/aromatic N) is 3. The lowest BCUT2D eigenvalue weighted by Gasteiger charge is -2.12. The number of benzene rings is 1. The first-order chi connectivity index (χ1) is 10.0. The Morgan fingerprint density at radius 1 is 1.29 bits per heavy atom. The molecular weight excluding hydrogens is 331 g/mol. The highest BCUT2D eigenvalue weighted by Crippen LogP contribution is 2.32. The third kappa shape index (κ3) is 3.96. The van der Waals surface area contributed by atoms with Crippen LogP contribution in [0.5, 0.6) is 5.75 Å². The highest BCUT2D eigenvalue weighted by Gasteiger charge is 2.13. The van der Waals surface area contributed by atoms with Crippen LogP contribution < -0.4 is 10.5 Å². The molecule has 114 valence electrons. The molecule has 5 nitrogen and oxygen atoms in total. The molecule has 0 aliphatic heterocycles. The first-order valence-corrected chi connectivity index (χ1v) is 8.15. The predicted octanol–water partition coefficient (Wildman–Crippen LogP) is 3.92. The van der Waals surface area contributed by atoms with Gasteiger partial charge in [-0.2, -0.15) is 0 Å². The Balaban J connectivity index is 1.91. The fourth-order valence-electron chi connectivity index (χ4n) is 1.77. The standard InChI is InChI=1S/C13H16Cl2N4OS/c1-8(2)19-12(16)17-18-13(19)21-7-6-20-11-9(14)4-3-5-10(11)15/h3-5,8H,6-7H2,1-2H3,(H2,16,17). The van der Waals surface area contributed by atoms with Gasteiger partial charge < -0.3 is 10.5 Å². The van der Waals surface area contributed by atoms with E-state index in [9.17, 15) is 0 Å². The van der Waals surface area contributed by atoms with E-state index in [1.165, 1.54) is 11.8 Å². The summed E-state index contributed by atoms with van der Waals surface area (Å²) < 4.78 is 7.51. The van der Waals surface area contributed by atoms with Gasteiger partial charge in [-0.1, -0.05) is 41.0 Å². The number of ether oxygens (including phenoxy) is 1. The summed E-state index contributed by atoms with van der Waals surface area (Å²) >= 11 is 13.6. The predicted molar refractivity (Wildman–Crippen MR) is 87.5 cm³/mol. The number of para-hydroxylation sites is 1. The molecule has 0 saturated carbocycles. The van der Waals surface area contributed by atoms with Crippen molar-refractivity contribution in [2.45, 2.75) is 25.0 Å². The molecule has 8 heteroatoms. The number of rotatable bonds is 6. The normalized spacial score (nSPS) is 11.1. The molecular formula is C13H16Cl2N4OS.